The Morgan fingerprint density at radius 1 is 0.833 bits per heavy atom. The van der Waals surface area contributed by atoms with Crippen molar-refractivity contribution in [3.05, 3.63) is 0 Å². The Morgan fingerprint density at radius 2 is 1.23 bits per heavy atom. The lowest BCUT2D eigenvalue weighted by molar-refractivity contribution is -0.142. The standard InChI is InChI=1S/C16H28N6O7S/c1-7(16(28)29)20-14(26)9(2-4-11(18)23)22-15(27)10(3-5-12(19)24)21-13(25)8(17)6-30/h7-10,30H,2-6,17H2,1H3,(H2,18,23)(H2,19,24)(H,20,26)(H,21,25)(H,22,27)(H,28,29). The highest BCUT2D eigenvalue weighted by atomic mass is 32.1. The van der Waals surface area contributed by atoms with E-state index in [1.807, 2.05) is 0 Å². The highest BCUT2D eigenvalue weighted by molar-refractivity contribution is 7.80. The summed E-state index contributed by atoms with van der Waals surface area (Å²) >= 11 is 3.89. The van der Waals surface area contributed by atoms with Gasteiger partial charge in [-0.25, -0.2) is 0 Å². The van der Waals surface area contributed by atoms with Gasteiger partial charge in [0.2, 0.25) is 29.5 Å². The fourth-order valence-electron chi connectivity index (χ4n) is 2.12. The molecular weight excluding hydrogens is 420 g/mol. The third kappa shape index (κ3) is 10.6. The van der Waals surface area contributed by atoms with Crippen LogP contribution in [0.5, 0.6) is 0 Å². The molecule has 0 spiro atoms. The van der Waals surface area contributed by atoms with Crippen molar-refractivity contribution >= 4 is 48.1 Å². The lowest BCUT2D eigenvalue weighted by Crippen LogP contribution is -2.57. The van der Waals surface area contributed by atoms with Gasteiger partial charge in [0.05, 0.1) is 6.04 Å². The molecule has 14 heteroatoms. The second-order valence-electron chi connectivity index (χ2n) is 6.49. The van der Waals surface area contributed by atoms with Crippen molar-refractivity contribution in [2.75, 3.05) is 5.75 Å². The molecule has 0 aromatic rings. The van der Waals surface area contributed by atoms with E-state index in [2.05, 4.69) is 28.6 Å². The van der Waals surface area contributed by atoms with Crippen LogP contribution in [-0.2, 0) is 28.8 Å². The van der Waals surface area contributed by atoms with E-state index in [0.717, 1.165) is 0 Å². The summed E-state index contributed by atoms with van der Waals surface area (Å²) in [6.07, 6.45) is -0.918. The zero-order valence-corrected chi connectivity index (χ0v) is 17.3. The van der Waals surface area contributed by atoms with E-state index >= 15 is 0 Å². The second-order valence-corrected chi connectivity index (χ2v) is 6.86. The van der Waals surface area contributed by atoms with Crippen molar-refractivity contribution in [1.82, 2.24) is 16.0 Å². The highest BCUT2D eigenvalue weighted by Gasteiger charge is 2.29. The molecule has 5 amide bonds. The van der Waals surface area contributed by atoms with Crippen molar-refractivity contribution in [3.8, 4) is 0 Å². The van der Waals surface area contributed by atoms with Gasteiger partial charge in [-0.3, -0.25) is 28.8 Å². The molecule has 0 heterocycles. The molecule has 13 nitrogen and oxygen atoms in total. The Balaban J connectivity index is 5.41. The van der Waals surface area contributed by atoms with E-state index < -0.39 is 59.7 Å². The molecule has 0 fully saturated rings. The maximum Gasteiger partial charge on any atom is 0.325 e. The number of carboxylic acids is 1. The average molecular weight is 449 g/mol. The van der Waals surface area contributed by atoms with Crippen molar-refractivity contribution in [1.29, 1.82) is 0 Å². The van der Waals surface area contributed by atoms with Crippen molar-refractivity contribution in [2.24, 2.45) is 17.2 Å². The fraction of sp³-hybridized carbons (Fsp3) is 0.625. The van der Waals surface area contributed by atoms with E-state index in [0.29, 0.717) is 0 Å². The molecular formula is C16H28N6O7S. The third-order valence-electron chi connectivity index (χ3n) is 3.89. The third-order valence-corrected chi connectivity index (χ3v) is 4.28. The zero-order chi connectivity index (χ0) is 23.4. The summed E-state index contributed by atoms with van der Waals surface area (Å²) in [7, 11) is 0. The number of carbonyl (C=O) groups excluding carboxylic acids is 5. The molecule has 0 radical (unpaired) electrons. The van der Waals surface area contributed by atoms with E-state index in [-0.39, 0.29) is 31.4 Å². The number of nitrogens with two attached hydrogens (primary N) is 3. The average Bonchev–Trinajstić information content (AvgIpc) is 2.66. The summed E-state index contributed by atoms with van der Waals surface area (Å²) in [5, 5.41) is 15.7. The number of rotatable bonds is 14. The van der Waals surface area contributed by atoms with Crippen molar-refractivity contribution in [3.63, 3.8) is 0 Å². The van der Waals surface area contributed by atoms with E-state index in [1.165, 1.54) is 6.92 Å². The number of primary amides is 2. The molecule has 30 heavy (non-hydrogen) atoms. The number of carbonyl (C=O) groups is 6. The number of aliphatic carboxylic acids is 1. The topological polar surface area (TPSA) is 237 Å². The Kier molecular flexibility index (Phi) is 12.1. The Hall–Kier alpha value is -2.87. The number of amides is 5. The minimum absolute atomic E-state index is 0.00723. The van der Waals surface area contributed by atoms with Gasteiger partial charge >= 0.3 is 5.97 Å². The van der Waals surface area contributed by atoms with Crippen molar-refractivity contribution in [2.45, 2.75) is 56.8 Å². The molecule has 4 atom stereocenters. The first kappa shape index (κ1) is 27.1. The second kappa shape index (κ2) is 13.4. The number of hydrogen-bond donors (Lipinski definition) is 8. The van der Waals surface area contributed by atoms with Crippen molar-refractivity contribution < 1.29 is 33.9 Å². The minimum atomic E-state index is -1.32. The van der Waals surface area contributed by atoms with E-state index in [9.17, 15) is 28.8 Å². The van der Waals surface area contributed by atoms with Gasteiger partial charge < -0.3 is 38.3 Å². The number of thiol groups is 1. The zero-order valence-electron chi connectivity index (χ0n) is 16.4. The fourth-order valence-corrected chi connectivity index (χ4v) is 2.29. The largest absolute Gasteiger partial charge is 0.480 e. The number of nitrogens with one attached hydrogen (secondary N) is 3. The van der Waals surface area contributed by atoms with Gasteiger partial charge in [-0.15, -0.1) is 0 Å². The maximum atomic E-state index is 12.6. The summed E-state index contributed by atoms with van der Waals surface area (Å²) in [4.78, 5) is 70.0. The van der Waals surface area contributed by atoms with Gasteiger partial charge in [-0.05, 0) is 19.8 Å². The molecule has 0 bridgehead atoms. The normalized spacial score (nSPS) is 14.5. The monoisotopic (exact) mass is 448 g/mol. The first-order valence-corrected chi connectivity index (χ1v) is 9.59. The van der Waals surface area contributed by atoms with Crippen LogP contribution in [0.2, 0.25) is 0 Å². The summed E-state index contributed by atoms with van der Waals surface area (Å²) in [5.74, 6) is -5.23. The first-order valence-electron chi connectivity index (χ1n) is 8.96. The molecule has 0 saturated heterocycles. The number of carboxylic acid groups (broad SMARTS) is 1. The van der Waals surface area contributed by atoms with Gasteiger partial charge in [0.15, 0.2) is 0 Å². The maximum absolute atomic E-state index is 12.6. The molecule has 4 unspecified atom stereocenters. The van der Waals surface area contributed by atoms with Gasteiger partial charge in [-0.2, -0.15) is 12.6 Å². The van der Waals surface area contributed by atoms with E-state index in [4.69, 9.17) is 22.3 Å². The summed E-state index contributed by atoms with van der Waals surface area (Å²) in [6.45, 7) is 1.21. The SMILES string of the molecule is CC(NC(=O)C(CCC(N)=O)NC(=O)C(CCC(N)=O)NC(=O)C(N)CS)C(=O)O. The van der Waals surface area contributed by atoms with Gasteiger partial charge in [-0.1, -0.05) is 0 Å². The Morgan fingerprint density at radius 3 is 1.60 bits per heavy atom. The molecule has 0 aromatic carbocycles. The summed E-state index contributed by atoms with van der Waals surface area (Å²) in [5.41, 5.74) is 15.7. The molecule has 0 aliphatic heterocycles. The molecule has 0 aromatic heterocycles. The lowest BCUT2D eigenvalue weighted by atomic mass is 10.1. The molecule has 10 N–H and O–H groups in total. The molecule has 0 saturated carbocycles. The molecule has 170 valence electrons. The van der Waals surface area contributed by atoms with Crippen LogP contribution in [-0.4, -0.2) is 70.5 Å². The van der Waals surface area contributed by atoms with Gasteiger partial charge in [0.25, 0.3) is 0 Å². The van der Waals surface area contributed by atoms with Crippen LogP contribution >= 0.6 is 12.6 Å². The van der Waals surface area contributed by atoms with Crippen LogP contribution in [0.25, 0.3) is 0 Å². The van der Waals surface area contributed by atoms with Crippen LogP contribution in [0.15, 0.2) is 0 Å². The predicted molar refractivity (Wildman–Crippen MR) is 108 cm³/mol. The Bertz CT molecular complexity index is 674. The molecule has 0 aliphatic rings. The summed E-state index contributed by atoms with van der Waals surface area (Å²) in [6, 6.07) is -4.87. The van der Waals surface area contributed by atoms with Gasteiger partial charge in [0, 0.05) is 18.6 Å². The Labute approximate surface area is 178 Å². The van der Waals surface area contributed by atoms with E-state index in [1.54, 1.807) is 0 Å². The quantitative estimate of drug-likeness (QED) is 0.123. The van der Waals surface area contributed by atoms with Gasteiger partial charge in [0.1, 0.15) is 18.1 Å². The first-order chi connectivity index (χ1) is 13.9. The minimum Gasteiger partial charge on any atom is -0.480 e. The lowest BCUT2D eigenvalue weighted by Gasteiger charge is -2.24. The van der Waals surface area contributed by atoms with Crippen LogP contribution in [0.3, 0.4) is 0 Å². The summed E-state index contributed by atoms with van der Waals surface area (Å²) < 4.78 is 0. The van der Waals surface area contributed by atoms with Crippen LogP contribution < -0.4 is 33.2 Å². The van der Waals surface area contributed by atoms with Crippen LogP contribution in [0, 0.1) is 0 Å². The van der Waals surface area contributed by atoms with Crippen LogP contribution in [0.1, 0.15) is 32.6 Å². The number of hydrogen-bond acceptors (Lipinski definition) is 8. The smallest absolute Gasteiger partial charge is 0.325 e. The predicted octanol–water partition coefficient (Wildman–Crippen LogP) is -3.67. The van der Waals surface area contributed by atoms with Crippen LogP contribution in [0.4, 0.5) is 0 Å². The molecule has 0 rings (SSSR count). The highest BCUT2D eigenvalue weighted by Crippen LogP contribution is 2.04. The molecule has 0 aliphatic carbocycles.